The van der Waals surface area contributed by atoms with Crippen molar-refractivity contribution in [3.05, 3.63) is 0 Å². The normalized spacial score (nSPS) is 14.9. The van der Waals surface area contributed by atoms with Crippen molar-refractivity contribution in [1.29, 1.82) is 0 Å². The summed E-state index contributed by atoms with van der Waals surface area (Å²) in [7, 11) is -5.51. The minimum Gasteiger partial charge on any atom is -0.481 e. The van der Waals surface area contributed by atoms with Gasteiger partial charge in [0, 0.05) is 0 Å². The second kappa shape index (κ2) is 8.59. The molecule has 0 aliphatic heterocycles. The van der Waals surface area contributed by atoms with E-state index in [0.29, 0.717) is 0 Å². The van der Waals surface area contributed by atoms with Crippen molar-refractivity contribution >= 4 is 21.9 Å². The SMILES string of the molecule is CCOP(=O)(C[C@H](CC(=O)O)O[Si](C)(C)C(C)(C)C)OCC. The molecule has 0 amide bonds. The first-order valence-electron chi connectivity index (χ1n) is 7.64. The lowest BCUT2D eigenvalue weighted by Crippen LogP contribution is -2.45. The summed E-state index contributed by atoms with van der Waals surface area (Å²) in [6.45, 7) is 14.2. The molecule has 0 aromatic heterocycles. The summed E-state index contributed by atoms with van der Waals surface area (Å²) in [5, 5.41) is 9.04. The third-order valence-corrected chi connectivity index (χ3v) is 10.4. The van der Waals surface area contributed by atoms with E-state index in [0.717, 1.165) is 0 Å². The standard InChI is InChI=1S/C14H31O6PSi/c1-8-18-21(17,19-9-2)11-12(10-13(15)16)20-22(6,7)14(3,4)5/h12H,8-11H2,1-7H3,(H,15,16)/t12-/m0/s1. The molecule has 0 radical (unpaired) electrons. The minimum atomic E-state index is -3.34. The van der Waals surface area contributed by atoms with Gasteiger partial charge in [-0.2, -0.15) is 0 Å². The van der Waals surface area contributed by atoms with Gasteiger partial charge in [-0.1, -0.05) is 20.8 Å². The topological polar surface area (TPSA) is 82.1 Å². The van der Waals surface area contributed by atoms with Crippen LogP contribution >= 0.6 is 7.60 Å². The van der Waals surface area contributed by atoms with Crippen LogP contribution in [-0.4, -0.2) is 44.9 Å². The Hall–Kier alpha value is -0.203. The number of carboxylic acid groups (broad SMARTS) is 1. The van der Waals surface area contributed by atoms with E-state index in [-0.39, 0.29) is 30.8 Å². The molecule has 0 aromatic rings. The Balaban J connectivity index is 5.21. The molecule has 0 saturated heterocycles. The third kappa shape index (κ3) is 7.37. The maximum absolute atomic E-state index is 12.6. The fourth-order valence-corrected chi connectivity index (χ4v) is 4.99. The number of aliphatic carboxylic acids is 1. The summed E-state index contributed by atoms with van der Waals surface area (Å²) >= 11 is 0. The average molecular weight is 354 g/mol. The summed E-state index contributed by atoms with van der Waals surface area (Å²) in [6.07, 6.45) is -0.924. The summed E-state index contributed by atoms with van der Waals surface area (Å²) < 4.78 is 29.3. The van der Waals surface area contributed by atoms with E-state index in [2.05, 4.69) is 20.8 Å². The van der Waals surface area contributed by atoms with E-state index < -0.39 is 28.0 Å². The first-order valence-corrected chi connectivity index (χ1v) is 12.3. The molecular formula is C14H31O6PSi. The van der Waals surface area contributed by atoms with Crippen LogP contribution in [0, 0.1) is 0 Å². The molecule has 1 atom stereocenters. The second-order valence-corrected chi connectivity index (χ2v) is 13.6. The molecule has 0 rings (SSSR count). The molecule has 0 bridgehead atoms. The molecule has 0 aliphatic rings. The van der Waals surface area contributed by atoms with Crippen molar-refractivity contribution in [3.63, 3.8) is 0 Å². The quantitative estimate of drug-likeness (QED) is 0.469. The number of rotatable bonds is 10. The van der Waals surface area contributed by atoms with E-state index in [1.165, 1.54) is 0 Å². The Morgan fingerprint density at radius 3 is 1.95 bits per heavy atom. The maximum atomic E-state index is 12.6. The van der Waals surface area contributed by atoms with Crippen LogP contribution in [0.15, 0.2) is 0 Å². The largest absolute Gasteiger partial charge is 0.481 e. The van der Waals surface area contributed by atoms with Crippen molar-refractivity contribution in [2.45, 2.75) is 65.3 Å². The maximum Gasteiger partial charge on any atom is 0.333 e. The van der Waals surface area contributed by atoms with Crippen LogP contribution in [0.1, 0.15) is 41.0 Å². The average Bonchev–Trinajstić information content (AvgIpc) is 2.25. The first-order chi connectivity index (χ1) is 9.87. The molecular weight excluding hydrogens is 323 g/mol. The van der Waals surface area contributed by atoms with Gasteiger partial charge in [-0.3, -0.25) is 9.36 Å². The number of hydrogen-bond acceptors (Lipinski definition) is 5. The molecule has 8 heteroatoms. The van der Waals surface area contributed by atoms with Gasteiger partial charge in [-0.05, 0) is 32.0 Å². The third-order valence-electron chi connectivity index (χ3n) is 3.75. The van der Waals surface area contributed by atoms with Crippen molar-refractivity contribution in [2.75, 3.05) is 19.4 Å². The molecule has 0 spiro atoms. The highest BCUT2D eigenvalue weighted by molar-refractivity contribution is 7.53. The Labute approximate surface area is 135 Å². The van der Waals surface area contributed by atoms with E-state index in [4.69, 9.17) is 18.6 Å². The van der Waals surface area contributed by atoms with Gasteiger partial charge in [-0.25, -0.2) is 0 Å². The monoisotopic (exact) mass is 354 g/mol. The van der Waals surface area contributed by atoms with Crippen LogP contribution < -0.4 is 0 Å². The molecule has 0 saturated carbocycles. The molecule has 6 nitrogen and oxygen atoms in total. The van der Waals surface area contributed by atoms with Gasteiger partial charge < -0.3 is 18.6 Å². The zero-order chi connectivity index (χ0) is 17.6. The zero-order valence-corrected chi connectivity index (χ0v) is 16.7. The highest BCUT2D eigenvalue weighted by atomic mass is 31.2. The van der Waals surface area contributed by atoms with Crippen LogP contribution in [0.25, 0.3) is 0 Å². The summed E-state index contributed by atoms with van der Waals surface area (Å²) in [5.74, 6) is -0.983. The number of carbonyl (C=O) groups is 1. The van der Waals surface area contributed by atoms with Crippen molar-refractivity contribution in [2.24, 2.45) is 0 Å². The predicted molar refractivity (Wildman–Crippen MR) is 90.0 cm³/mol. The second-order valence-electron chi connectivity index (χ2n) is 6.73. The summed E-state index contributed by atoms with van der Waals surface area (Å²) in [6, 6.07) is 0. The van der Waals surface area contributed by atoms with Crippen LogP contribution in [0.5, 0.6) is 0 Å². The van der Waals surface area contributed by atoms with Gasteiger partial charge >= 0.3 is 13.6 Å². The highest BCUT2D eigenvalue weighted by Crippen LogP contribution is 2.50. The van der Waals surface area contributed by atoms with Gasteiger partial charge in [0.1, 0.15) is 0 Å². The van der Waals surface area contributed by atoms with Crippen molar-refractivity contribution in [1.82, 2.24) is 0 Å². The first kappa shape index (κ1) is 21.8. The summed E-state index contributed by atoms with van der Waals surface area (Å²) in [4.78, 5) is 11.1. The van der Waals surface area contributed by atoms with E-state index in [1.807, 2.05) is 13.1 Å². The lowest BCUT2D eigenvalue weighted by atomic mass is 10.2. The molecule has 0 aromatic carbocycles. The number of carboxylic acids is 1. The molecule has 0 aliphatic carbocycles. The lowest BCUT2D eigenvalue weighted by molar-refractivity contribution is -0.138. The molecule has 132 valence electrons. The van der Waals surface area contributed by atoms with Crippen LogP contribution in [0.3, 0.4) is 0 Å². The molecule has 0 unspecified atom stereocenters. The fraction of sp³-hybridized carbons (Fsp3) is 0.929. The highest BCUT2D eigenvalue weighted by Gasteiger charge is 2.41. The molecule has 0 heterocycles. The van der Waals surface area contributed by atoms with Crippen LogP contribution in [0.4, 0.5) is 0 Å². The minimum absolute atomic E-state index is 0.0342. The molecule has 1 N–H and O–H groups in total. The molecule has 0 fully saturated rings. The Morgan fingerprint density at radius 1 is 1.18 bits per heavy atom. The Bertz CT molecular complexity index is 395. The zero-order valence-electron chi connectivity index (χ0n) is 14.8. The van der Waals surface area contributed by atoms with Gasteiger partial charge in [0.2, 0.25) is 0 Å². The Morgan fingerprint density at radius 2 is 1.64 bits per heavy atom. The lowest BCUT2D eigenvalue weighted by Gasteiger charge is -2.39. The van der Waals surface area contributed by atoms with Gasteiger partial charge in [0.15, 0.2) is 8.32 Å². The molecule has 22 heavy (non-hydrogen) atoms. The Kier molecular flexibility index (Phi) is 8.51. The van der Waals surface area contributed by atoms with E-state index >= 15 is 0 Å². The van der Waals surface area contributed by atoms with Crippen LogP contribution in [0.2, 0.25) is 18.1 Å². The van der Waals surface area contributed by atoms with Crippen molar-refractivity contribution in [3.8, 4) is 0 Å². The summed E-state index contributed by atoms with van der Waals surface area (Å²) in [5.41, 5.74) is 0. The predicted octanol–water partition coefficient (Wildman–Crippen LogP) is 4.12. The fourth-order valence-electron chi connectivity index (χ4n) is 1.72. The van der Waals surface area contributed by atoms with Gasteiger partial charge in [-0.15, -0.1) is 0 Å². The number of hydrogen-bond donors (Lipinski definition) is 1. The van der Waals surface area contributed by atoms with E-state index in [9.17, 15) is 9.36 Å². The van der Waals surface area contributed by atoms with Gasteiger partial charge in [0.25, 0.3) is 0 Å². The smallest absolute Gasteiger partial charge is 0.333 e. The van der Waals surface area contributed by atoms with Gasteiger partial charge in [0.05, 0.1) is 31.9 Å². The van der Waals surface area contributed by atoms with Crippen LogP contribution in [-0.2, 0) is 22.8 Å². The van der Waals surface area contributed by atoms with E-state index in [1.54, 1.807) is 13.8 Å². The van der Waals surface area contributed by atoms with Crippen molar-refractivity contribution < 1.29 is 27.9 Å².